The number of carbonyl (C=O) groups is 1. The number of hydrogen-bond donors (Lipinski definition) is 2. The molecule has 0 radical (unpaired) electrons. The zero-order chi connectivity index (χ0) is 24.6. The number of pyridine rings is 1. The van der Waals surface area contributed by atoms with Gasteiger partial charge < -0.3 is 15.2 Å². The highest BCUT2D eigenvalue weighted by Gasteiger charge is 2.44. The van der Waals surface area contributed by atoms with E-state index in [2.05, 4.69) is 10.3 Å². The number of aliphatic carboxylic acids is 1. The molecule has 0 amide bonds. The van der Waals surface area contributed by atoms with Crippen molar-refractivity contribution in [3.63, 3.8) is 0 Å². The van der Waals surface area contributed by atoms with E-state index in [4.69, 9.17) is 9.84 Å². The van der Waals surface area contributed by atoms with Crippen molar-refractivity contribution in [2.45, 2.75) is 37.9 Å². The van der Waals surface area contributed by atoms with Crippen LogP contribution in [0.4, 0.5) is 19.0 Å². The van der Waals surface area contributed by atoms with Crippen LogP contribution in [0.2, 0.25) is 0 Å². The van der Waals surface area contributed by atoms with Crippen molar-refractivity contribution >= 4 is 11.8 Å². The number of aromatic nitrogens is 1. The van der Waals surface area contributed by atoms with Gasteiger partial charge in [-0.15, -0.1) is 0 Å². The molecule has 2 N–H and O–H groups in total. The quantitative estimate of drug-likeness (QED) is 0.372. The molecule has 1 aromatic heterocycles. The Morgan fingerprint density at radius 1 is 1.09 bits per heavy atom. The van der Waals surface area contributed by atoms with Gasteiger partial charge >= 0.3 is 12.1 Å². The molecule has 2 fully saturated rings. The van der Waals surface area contributed by atoms with E-state index in [1.165, 1.54) is 18.9 Å². The van der Waals surface area contributed by atoms with Gasteiger partial charge in [0.2, 0.25) is 0 Å². The fraction of sp³-hybridized carbons (Fsp3) is 0.333. The molecule has 2 aliphatic carbocycles. The molecule has 1 heterocycles. The maximum Gasteiger partial charge on any atom is 0.417 e. The molecule has 35 heavy (non-hydrogen) atoms. The Bertz CT molecular complexity index is 1210. The summed E-state index contributed by atoms with van der Waals surface area (Å²) in [4.78, 5) is 15.4. The third kappa shape index (κ3) is 5.58. The third-order valence-corrected chi connectivity index (χ3v) is 6.53. The average Bonchev–Trinajstić information content (AvgIpc) is 3.75. The second-order valence-electron chi connectivity index (χ2n) is 9.27. The highest BCUT2D eigenvalue weighted by Crippen LogP contribution is 2.47. The summed E-state index contributed by atoms with van der Waals surface area (Å²) in [6, 6.07) is 14.5. The molecule has 5 nitrogen and oxygen atoms in total. The smallest absolute Gasteiger partial charge is 0.417 e. The fourth-order valence-corrected chi connectivity index (χ4v) is 4.17. The van der Waals surface area contributed by atoms with Crippen molar-refractivity contribution in [2.75, 3.05) is 11.9 Å². The minimum absolute atomic E-state index is 0.00276. The molecule has 5 rings (SSSR count). The summed E-state index contributed by atoms with van der Waals surface area (Å²) in [6.07, 6.45) is 0.127. The first-order valence-corrected chi connectivity index (χ1v) is 11.6. The van der Waals surface area contributed by atoms with Gasteiger partial charge in [0.15, 0.2) is 0 Å². The van der Waals surface area contributed by atoms with Gasteiger partial charge in [-0.1, -0.05) is 24.3 Å². The average molecular weight is 483 g/mol. The lowest BCUT2D eigenvalue weighted by Crippen LogP contribution is -2.09. The number of halogens is 3. The number of nitrogens with zero attached hydrogens (tertiary/aromatic N) is 1. The van der Waals surface area contributed by atoms with E-state index in [1.54, 1.807) is 42.6 Å². The number of hydrogen-bond acceptors (Lipinski definition) is 4. The molecule has 182 valence electrons. The van der Waals surface area contributed by atoms with Crippen LogP contribution in [-0.4, -0.2) is 22.7 Å². The van der Waals surface area contributed by atoms with Crippen LogP contribution in [0.15, 0.2) is 60.8 Å². The minimum Gasteiger partial charge on any atom is -0.493 e. The molecule has 2 aromatic carbocycles. The standard InChI is InChI=1S/C27H25F3N2O3/c28-27(29,30)24-9-3-17(11-22(24)18-4-7-20(8-5-18)35-15-16-1-2-16)13-31-25-10-6-19(14-32-25)21-12-23(21)26(33)34/h3-11,14,16,21,23H,1-2,12-13,15H2,(H,31,32)(H,33,34)/t21-,23+/m1/s1. The van der Waals surface area contributed by atoms with Gasteiger partial charge in [0.1, 0.15) is 11.6 Å². The van der Waals surface area contributed by atoms with Crippen molar-refractivity contribution in [3.8, 4) is 16.9 Å². The monoisotopic (exact) mass is 482 g/mol. The molecule has 2 saturated carbocycles. The van der Waals surface area contributed by atoms with E-state index in [0.717, 1.165) is 11.6 Å². The van der Waals surface area contributed by atoms with Crippen molar-refractivity contribution in [1.82, 2.24) is 4.98 Å². The first kappa shape index (κ1) is 23.2. The maximum absolute atomic E-state index is 13.7. The molecule has 0 aliphatic heterocycles. The largest absolute Gasteiger partial charge is 0.493 e. The number of benzene rings is 2. The molecule has 2 aliphatic rings. The number of rotatable bonds is 9. The van der Waals surface area contributed by atoms with E-state index in [0.29, 0.717) is 48.2 Å². The van der Waals surface area contributed by atoms with E-state index >= 15 is 0 Å². The maximum atomic E-state index is 13.7. The summed E-state index contributed by atoms with van der Waals surface area (Å²) in [5.74, 6) is 0.673. The van der Waals surface area contributed by atoms with Crippen LogP contribution >= 0.6 is 0 Å². The Morgan fingerprint density at radius 3 is 2.46 bits per heavy atom. The van der Waals surface area contributed by atoms with Crippen LogP contribution < -0.4 is 10.1 Å². The topological polar surface area (TPSA) is 71.5 Å². The van der Waals surface area contributed by atoms with Crippen LogP contribution in [0.3, 0.4) is 0 Å². The van der Waals surface area contributed by atoms with Gasteiger partial charge in [0, 0.05) is 12.7 Å². The van der Waals surface area contributed by atoms with Crippen LogP contribution in [0, 0.1) is 11.8 Å². The summed E-state index contributed by atoms with van der Waals surface area (Å²) in [7, 11) is 0. The molecule has 8 heteroatoms. The summed E-state index contributed by atoms with van der Waals surface area (Å²) in [5.41, 5.74) is 1.46. The molecule has 3 aromatic rings. The molecule has 0 unspecified atom stereocenters. The predicted octanol–water partition coefficient (Wildman–Crippen LogP) is 6.36. The van der Waals surface area contributed by atoms with Crippen LogP contribution in [0.1, 0.15) is 41.9 Å². The van der Waals surface area contributed by atoms with Crippen molar-refractivity contribution in [3.05, 3.63) is 77.5 Å². The molecular formula is C27H25F3N2O3. The lowest BCUT2D eigenvalue weighted by atomic mass is 9.96. The summed E-state index contributed by atoms with van der Waals surface area (Å²) >= 11 is 0. The van der Waals surface area contributed by atoms with Gasteiger partial charge in [0.25, 0.3) is 0 Å². The number of nitrogens with one attached hydrogen (secondary N) is 1. The van der Waals surface area contributed by atoms with Gasteiger partial charge in [-0.2, -0.15) is 13.2 Å². The number of ether oxygens (including phenoxy) is 1. The molecule has 0 bridgehead atoms. The normalized spacial score (nSPS) is 19.3. The van der Waals surface area contributed by atoms with E-state index in [9.17, 15) is 18.0 Å². The minimum atomic E-state index is -4.48. The van der Waals surface area contributed by atoms with Crippen molar-refractivity contribution in [2.24, 2.45) is 11.8 Å². The fourth-order valence-electron chi connectivity index (χ4n) is 4.17. The molecule has 0 saturated heterocycles. The lowest BCUT2D eigenvalue weighted by Gasteiger charge is -2.16. The highest BCUT2D eigenvalue weighted by molar-refractivity contribution is 5.75. The second kappa shape index (κ2) is 9.24. The molecule has 0 spiro atoms. The molecular weight excluding hydrogens is 457 g/mol. The van der Waals surface area contributed by atoms with E-state index in [-0.39, 0.29) is 17.4 Å². The Labute approximate surface area is 201 Å². The third-order valence-electron chi connectivity index (χ3n) is 6.53. The number of carboxylic acid groups (broad SMARTS) is 1. The van der Waals surface area contributed by atoms with Crippen molar-refractivity contribution < 1.29 is 27.8 Å². The Hall–Kier alpha value is -3.55. The molecule has 2 atom stereocenters. The predicted molar refractivity (Wildman–Crippen MR) is 125 cm³/mol. The van der Waals surface area contributed by atoms with E-state index in [1.807, 2.05) is 6.07 Å². The van der Waals surface area contributed by atoms with Crippen molar-refractivity contribution in [1.29, 1.82) is 0 Å². The SMILES string of the molecule is O=C(O)[C@H]1C[C@@H]1c1ccc(NCc2ccc(C(F)(F)F)c(-c3ccc(OCC4CC4)cc3)c2)nc1. The summed E-state index contributed by atoms with van der Waals surface area (Å²) in [6.45, 7) is 0.936. The van der Waals surface area contributed by atoms with Gasteiger partial charge in [-0.05, 0) is 83.7 Å². The lowest BCUT2D eigenvalue weighted by molar-refractivity contribution is -0.139. The number of anilines is 1. The first-order chi connectivity index (χ1) is 16.8. The Kier molecular flexibility index (Phi) is 6.13. The second-order valence-corrected chi connectivity index (χ2v) is 9.27. The van der Waals surface area contributed by atoms with Crippen LogP contribution in [0.5, 0.6) is 5.75 Å². The van der Waals surface area contributed by atoms with Gasteiger partial charge in [-0.25, -0.2) is 4.98 Å². The zero-order valence-electron chi connectivity index (χ0n) is 18.9. The number of alkyl halides is 3. The van der Waals surface area contributed by atoms with Gasteiger partial charge in [-0.3, -0.25) is 4.79 Å². The Morgan fingerprint density at radius 2 is 1.86 bits per heavy atom. The van der Waals surface area contributed by atoms with E-state index < -0.39 is 17.7 Å². The summed E-state index contributed by atoms with van der Waals surface area (Å²) < 4.78 is 46.8. The zero-order valence-corrected chi connectivity index (χ0v) is 18.9. The highest BCUT2D eigenvalue weighted by atomic mass is 19.4. The van der Waals surface area contributed by atoms with Crippen LogP contribution in [-0.2, 0) is 17.5 Å². The first-order valence-electron chi connectivity index (χ1n) is 11.6. The number of carboxylic acids is 1. The van der Waals surface area contributed by atoms with Gasteiger partial charge in [0.05, 0.1) is 18.1 Å². The summed E-state index contributed by atoms with van der Waals surface area (Å²) in [5, 5.41) is 12.2. The Balaban J connectivity index is 1.29. The van der Waals surface area contributed by atoms with Crippen LogP contribution in [0.25, 0.3) is 11.1 Å².